The van der Waals surface area contributed by atoms with Crippen LogP contribution in [0.3, 0.4) is 0 Å². The van der Waals surface area contributed by atoms with Gasteiger partial charge in [0.15, 0.2) is 0 Å². The molecule has 1 fully saturated rings. The van der Waals surface area contributed by atoms with Crippen LogP contribution in [0.2, 0.25) is 0 Å². The zero-order chi connectivity index (χ0) is 9.52. The SMILES string of the molecule is O=C(CC#CCCCCl)NC1CC1. The Kier molecular flexibility index (Phi) is 4.70. The minimum absolute atomic E-state index is 0.0564. The third-order valence-electron chi connectivity index (χ3n) is 1.75. The molecule has 2 nitrogen and oxygen atoms in total. The van der Waals surface area contributed by atoms with Gasteiger partial charge < -0.3 is 5.32 Å². The summed E-state index contributed by atoms with van der Waals surface area (Å²) < 4.78 is 0. The van der Waals surface area contributed by atoms with Gasteiger partial charge in [-0.15, -0.1) is 17.5 Å². The fourth-order valence-corrected chi connectivity index (χ4v) is 1.03. The zero-order valence-corrected chi connectivity index (χ0v) is 8.36. The minimum atomic E-state index is 0.0564. The molecule has 1 saturated carbocycles. The number of amides is 1. The van der Waals surface area contributed by atoms with E-state index in [0.29, 0.717) is 18.3 Å². The van der Waals surface area contributed by atoms with E-state index in [4.69, 9.17) is 11.6 Å². The van der Waals surface area contributed by atoms with Crippen LogP contribution in [-0.2, 0) is 4.79 Å². The molecular formula is C10H14ClNO. The van der Waals surface area contributed by atoms with Crippen molar-refractivity contribution in [3.63, 3.8) is 0 Å². The second kappa shape index (κ2) is 5.88. The number of alkyl halides is 1. The van der Waals surface area contributed by atoms with Gasteiger partial charge in [-0.05, 0) is 19.3 Å². The quantitative estimate of drug-likeness (QED) is 0.417. The Labute approximate surface area is 84.0 Å². The molecule has 0 saturated heterocycles. The normalized spacial score (nSPS) is 14.5. The molecule has 0 atom stereocenters. The smallest absolute Gasteiger partial charge is 0.232 e. The van der Waals surface area contributed by atoms with Crippen LogP contribution in [0.25, 0.3) is 0 Å². The summed E-state index contributed by atoms with van der Waals surface area (Å²) in [5.74, 6) is 6.45. The number of carbonyl (C=O) groups excluding carboxylic acids is 1. The maximum atomic E-state index is 11.1. The van der Waals surface area contributed by atoms with Crippen LogP contribution < -0.4 is 5.32 Å². The number of unbranched alkanes of at least 4 members (excludes halogenated alkanes) is 1. The number of hydrogen-bond donors (Lipinski definition) is 1. The Balaban J connectivity index is 2.01. The Morgan fingerprint density at radius 3 is 2.85 bits per heavy atom. The van der Waals surface area contributed by atoms with Gasteiger partial charge in [-0.2, -0.15) is 0 Å². The van der Waals surface area contributed by atoms with E-state index in [1.165, 1.54) is 0 Å². The lowest BCUT2D eigenvalue weighted by atomic mass is 10.3. The van der Waals surface area contributed by atoms with Gasteiger partial charge in [-0.3, -0.25) is 4.79 Å². The summed E-state index contributed by atoms with van der Waals surface area (Å²) in [6.45, 7) is 0. The Bertz CT molecular complexity index is 225. The molecule has 13 heavy (non-hydrogen) atoms. The van der Waals surface area contributed by atoms with Crippen molar-refractivity contribution < 1.29 is 4.79 Å². The van der Waals surface area contributed by atoms with Gasteiger partial charge in [0.25, 0.3) is 0 Å². The largest absolute Gasteiger partial charge is 0.353 e. The lowest BCUT2D eigenvalue weighted by Crippen LogP contribution is -2.24. The third-order valence-corrected chi connectivity index (χ3v) is 2.02. The van der Waals surface area contributed by atoms with Gasteiger partial charge in [0.05, 0.1) is 6.42 Å². The van der Waals surface area contributed by atoms with Crippen LogP contribution in [0, 0.1) is 11.8 Å². The highest BCUT2D eigenvalue weighted by Crippen LogP contribution is 2.18. The average Bonchev–Trinajstić information content (AvgIpc) is 2.88. The molecule has 0 spiro atoms. The second-order valence-corrected chi connectivity index (χ2v) is 3.54. The van der Waals surface area contributed by atoms with E-state index >= 15 is 0 Å². The summed E-state index contributed by atoms with van der Waals surface area (Å²) in [5, 5.41) is 2.88. The average molecular weight is 200 g/mol. The standard InChI is InChI=1S/C10H14ClNO/c11-8-4-2-1-3-5-10(13)12-9-6-7-9/h9H,2,4-8H2,(H,12,13). The maximum Gasteiger partial charge on any atom is 0.232 e. The van der Waals surface area contributed by atoms with E-state index in [0.717, 1.165) is 25.7 Å². The Hall–Kier alpha value is -0.680. The molecule has 0 aromatic carbocycles. The molecule has 0 aromatic rings. The van der Waals surface area contributed by atoms with Crippen LogP contribution in [0.15, 0.2) is 0 Å². The van der Waals surface area contributed by atoms with Crippen LogP contribution in [0.5, 0.6) is 0 Å². The molecule has 0 unspecified atom stereocenters. The molecule has 1 rings (SSSR count). The molecule has 1 N–H and O–H groups in total. The molecule has 0 radical (unpaired) electrons. The lowest BCUT2D eigenvalue weighted by molar-refractivity contribution is -0.120. The van der Waals surface area contributed by atoms with Crippen LogP contribution in [0.4, 0.5) is 0 Å². The summed E-state index contributed by atoms with van der Waals surface area (Å²) in [6, 6.07) is 0.442. The molecule has 1 aliphatic carbocycles. The van der Waals surface area contributed by atoms with Crippen molar-refractivity contribution in [2.75, 3.05) is 5.88 Å². The molecule has 0 aliphatic heterocycles. The van der Waals surface area contributed by atoms with Crippen LogP contribution >= 0.6 is 11.6 Å². The first-order valence-electron chi connectivity index (χ1n) is 4.64. The van der Waals surface area contributed by atoms with Crippen molar-refractivity contribution in [2.45, 2.75) is 38.1 Å². The summed E-state index contributed by atoms with van der Waals surface area (Å²) in [5.41, 5.74) is 0. The molecule has 0 aromatic heterocycles. The number of halogens is 1. The number of nitrogens with one attached hydrogen (secondary N) is 1. The first-order valence-corrected chi connectivity index (χ1v) is 5.17. The highest BCUT2D eigenvalue weighted by atomic mass is 35.5. The number of carbonyl (C=O) groups is 1. The summed E-state index contributed by atoms with van der Waals surface area (Å²) in [4.78, 5) is 11.1. The zero-order valence-electron chi connectivity index (χ0n) is 7.61. The number of hydrogen-bond acceptors (Lipinski definition) is 1. The first kappa shape index (κ1) is 10.4. The molecule has 0 heterocycles. The molecule has 72 valence electrons. The van der Waals surface area contributed by atoms with Crippen molar-refractivity contribution in [2.24, 2.45) is 0 Å². The van der Waals surface area contributed by atoms with Crippen molar-refractivity contribution in [3.8, 4) is 11.8 Å². The van der Waals surface area contributed by atoms with Crippen LogP contribution in [0.1, 0.15) is 32.1 Å². The molecule has 1 amide bonds. The lowest BCUT2D eigenvalue weighted by Gasteiger charge is -1.96. The van der Waals surface area contributed by atoms with Gasteiger partial charge in [0.1, 0.15) is 0 Å². The highest BCUT2D eigenvalue weighted by molar-refractivity contribution is 6.17. The van der Waals surface area contributed by atoms with Gasteiger partial charge in [-0.25, -0.2) is 0 Å². The van der Waals surface area contributed by atoms with Crippen molar-refractivity contribution >= 4 is 17.5 Å². The molecular weight excluding hydrogens is 186 g/mol. The monoisotopic (exact) mass is 199 g/mol. The van der Waals surface area contributed by atoms with E-state index < -0.39 is 0 Å². The Morgan fingerprint density at radius 2 is 2.23 bits per heavy atom. The number of rotatable bonds is 4. The van der Waals surface area contributed by atoms with Gasteiger partial charge >= 0.3 is 0 Å². The van der Waals surface area contributed by atoms with Crippen molar-refractivity contribution in [1.29, 1.82) is 0 Å². The first-order chi connectivity index (χ1) is 6.33. The maximum absolute atomic E-state index is 11.1. The van der Waals surface area contributed by atoms with E-state index in [2.05, 4.69) is 17.2 Å². The summed E-state index contributed by atoms with van der Waals surface area (Å²) >= 11 is 5.47. The van der Waals surface area contributed by atoms with Gasteiger partial charge in [0.2, 0.25) is 5.91 Å². The topological polar surface area (TPSA) is 29.1 Å². The fraction of sp³-hybridized carbons (Fsp3) is 0.700. The minimum Gasteiger partial charge on any atom is -0.353 e. The van der Waals surface area contributed by atoms with Gasteiger partial charge in [-0.1, -0.05) is 5.92 Å². The second-order valence-electron chi connectivity index (χ2n) is 3.16. The third kappa shape index (κ3) is 5.54. The summed E-state index contributed by atoms with van der Waals surface area (Å²) in [6.07, 6.45) is 4.29. The predicted molar refractivity (Wildman–Crippen MR) is 53.5 cm³/mol. The van der Waals surface area contributed by atoms with E-state index in [1.54, 1.807) is 0 Å². The fourth-order valence-electron chi connectivity index (χ4n) is 0.893. The predicted octanol–water partition coefficient (Wildman–Crippen LogP) is 1.68. The highest BCUT2D eigenvalue weighted by Gasteiger charge is 2.22. The summed E-state index contributed by atoms with van der Waals surface area (Å²) in [7, 11) is 0. The van der Waals surface area contributed by atoms with E-state index in [-0.39, 0.29) is 5.91 Å². The van der Waals surface area contributed by atoms with E-state index in [1.807, 2.05) is 0 Å². The molecule has 0 bridgehead atoms. The molecule has 3 heteroatoms. The van der Waals surface area contributed by atoms with Crippen molar-refractivity contribution in [1.82, 2.24) is 5.32 Å². The van der Waals surface area contributed by atoms with Crippen LogP contribution in [-0.4, -0.2) is 17.8 Å². The van der Waals surface area contributed by atoms with Gasteiger partial charge in [0, 0.05) is 18.3 Å². The van der Waals surface area contributed by atoms with Crippen molar-refractivity contribution in [3.05, 3.63) is 0 Å². The van der Waals surface area contributed by atoms with E-state index in [9.17, 15) is 4.79 Å². The molecule has 1 aliphatic rings. The Morgan fingerprint density at radius 1 is 1.46 bits per heavy atom.